The second-order valence-electron chi connectivity index (χ2n) is 4.34. The summed E-state index contributed by atoms with van der Waals surface area (Å²) in [4.78, 5) is 0. The Morgan fingerprint density at radius 2 is 2.29 bits per heavy atom. The number of nitrogens with zero attached hydrogens (tertiary/aromatic N) is 1. The Labute approximate surface area is 107 Å². The van der Waals surface area contributed by atoms with E-state index in [-0.39, 0.29) is 0 Å². The molecular formula is C14H20N2S. The summed E-state index contributed by atoms with van der Waals surface area (Å²) in [6.07, 6.45) is 5.54. The molecule has 2 aromatic heterocycles. The van der Waals surface area contributed by atoms with E-state index in [1.807, 2.05) is 0 Å². The fraction of sp³-hybridized carbons (Fsp3) is 0.429. The molecule has 0 aliphatic heterocycles. The van der Waals surface area contributed by atoms with Crippen molar-refractivity contribution in [2.45, 2.75) is 32.9 Å². The van der Waals surface area contributed by atoms with Crippen molar-refractivity contribution in [1.82, 2.24) is 9.88 Å². The Hall–Kier alpha value is -1.06. The van der Waals surface area contributed by atoms with Gasteiger partial charge in [-0.25, -0.2) is 0 Å². The number of nitrogens with one attached hydrogen (secondary N) is 1. The number of aromatic nitrogens is 1. The van der Waals surface area contributed by atoms with Crippen LogP contribution in [-0.2, 0) is 13.0 Å². The third-order valence-electron chi connectivity index (χ3n) is 3.02. The van der Waals surface area contributed by atoms with Crippen LogP contribution in [0.25, 0.3) is 0 Å². The molecule has 3 heteroatoms. The Morgan fingerprint density at radius 1 is 1.41 bits per heavy atom. The van der Waals surface area contributed by atoms with Gasteiger partial charge in [0.15, 0.2) is 0 Å². The van der Waals surface area contributed by atoms with Gasteiger partial charge in [-0.3, -0.25) is 0 Å². The molecule has 2 aromatic rings. The summed E-state index contributed by atoms with van der Waals surface area (Å²) in [5.41, 5.74) is 2.81. The van der Waals surface area contributed by atoms with Gasteiger partial charge in [0.2, 0.25) is 0 Å². The van der Waals surface area contributed by atoms with Crippen molar-refractivity contribution >= 4 is 11.3 Å². The quantitative estimate of drug-likeness (QED) is 0.828. The first-order chi connectivity index (χ1) is 8.29. The van der Waals surface area contributed by atoms with Gasteiger partial charge in [-0.15, -0.1) is 0 Å². The molecule has 0 aliphatic carbocycles. The number of hydrogen-bond donors (Lipinski definition) is 1. The predicted molar refractivity (Wildman–Crippen MR) is 74.5 cm³/mol. The molecule has 2 rings (SSSR count). The zero-order chi connectivity index (χ0) is 12.1. The van der Waals surface area contributed by atoms with E-state index in [0.717, 1.165) is 19.5 Å². The van der Waals surface area contributed by atoms with Crippen molar-refractivity contribution in [3.63, 3.8) is 0 Å². The first-order valence-corrected chi connectivity index (χ1v) is 7.14. The lowest BCUT2D eigenvalue weighted by Crippen LogP contribution is -2.17. The van der Waals surface area contributed by atoms with Crippen LogP contribution < -0.4 is 5.32 Å². The molecule has 0 fully saturated rings. The van der Waals surface area contributed by atoms with Gasteiger partial charge in [-0.1, -0.05) is 6.92 Å². The van der Waals surface area contributed by atoms with Crippen molar-refractivity contribution in [3.05, 3.63) is 46.4 Å². The van der Waals surface area contributed by atoms with E-state index in [1.54, 1.807) is 11.3 Å². The van der Waals surface area contributed by atoms with Crippen LogP contribution in [-0.4, -0.2) is 11.1 Å². The first-order valence-electron chi connectivity index (χ1n) is 6.19. The number of rotatable bonds is 6. The van der Waals surface area contributed by atoms with Crippen molar-refractivity contribution in [2.24, 2.45) is 0 Å². The molecule has 0 amide bonds. The number of hydrogen-bond acceptors (Lipinski definition) is 2. The molecular weight excluding hydrogens is 228 g/mol. The summed E-state index contributed by atoms with van der Waals surface area (Å²) in [6.45, 7) is 6.43. The molecule has 1 N–H and O–H groups in total. The van der Waals surface area contributed by atoms with Crippen LogP contribution in [0, 0.1) is 0 Å². The van der Waals surface area contributed by atoms with Crippen LogP contribution in [0.2, 0.25) is 0 Å². The lowest BCUT2D eigenvalue weighted by atomic mass is 10.2. The Balaban J connectivity index is 1.89. The first kappa shape index (κ1) is 12.4. The van der Waals surface area contributed by atoms with Gasteiger partial charge in [-0.2, -0.15) is 11.3 Å². The van der Waals surface area contributed by atoms with Crippen molar-refractivity contribution in [2.75, 3.05) is 6.54 Å². The topological polar surface area (TPSA) is 17.0 Å². The predicted octanol–water partition coefficient (Wildman–Crippen LogP) is 3.46. The van der Waals surface area contributed by atoms with E-state index in [1.165, 1.54) is 11.1 Å². The van der Waals surface area contributed by atoms with Crippen LogP contribution >= 0.6 is 11.3 Å². The van der Waals surface area contributed by atoms with Crippen molar-refractivity contribution in [1.29, 1.82) is 0 Å². The molecule has 0 spiro atoms. The van der Waals surface area contributed by atoms with Gasteiger partial charge in [0.05, 0.1) is 0 Å². The molecule has 92 valence electrons. The average molecular weight is 248 g/mol. The Kier molecular flexibility index (Phi) is 4.40. The molecule has 0 bridgehead atoms. The van der Waals surface area contributed by atoms with Crippen LogP contribution in [0.1, 0.15) is 31.0 Å². The van der Waals surface area contributed by atoms with Crippen molar-refractivity contribution in [3.8, 4) is 0 Å². The van der Waals surface area contributed by atoms with Crippen LogP contribution in [0.5, 0.6) is 0 Å². The van der Waals surface area contributed by atoms with E-state index in [9.17, 15) is 0 Å². The summed E-state index contributed by atoms with van der Waals surface area (Å²) in [5, 5.41) is 7.80. The van der Waals surface area contributed by atoms with Crippen molar-refractivity contribution < 1.29 is 0 Å². The van der Waals surface area contributed by atoms with E-state index < -0.39 is 0 Å². The summed E-state index contributed by atoms with van der Waals surface area (Å²) >= 11 is 1.77. The van der Waals surface area contributed by atoms with E-state index in [2.05, 4.69) is 59.0 Å². The smallest absolute Gasteiger partial charge is 0.0306 e. The highest BCUT2D eigenvalue weighted by molar-refractivity contribution is 7.07. The molecule has 2 heterocycles. The lowest BCUT2D eigenvalue weighted by Gasteiger charge is -2.09. The van der Waals surface area contributed by atoms with Crippen LogP contribution in [0.3, 0.4) is 0 Å². The molecule has 0 aromatic carbocycles. The fourth-order valence-electron chi connectivity index (χ4n) is 1.97. The Morgan fingerprint density at radius 3 is 3.00 bits per heavy atom. The molecule has 2 nitrogen and oxygen atoms in total. The fourth-order valence-corrected chi connectivity index (χ4v) is 2.67. The Bertz CT molecular complexity index is 431. The van der Waals surface area contributed by atoms with Gasteiger partial charge < -0.3 is 9.88 Å². The second-order valence-corrected chi connectivity index (χ2v) is 5.12. The molecule has 1 atom stereocenters. The second kappa shape index (κ2) is 6.03. The molecule has 0 radical (unpaired) electrons. The minimum atomic E-state index is 0.447. The monoisotopic (exact) mass is 248 g/mol. The number of aryl methyl sites for hydroxylation is 2. The standard InChI is InChI=1S/C14H20N2S/c1-3-15-12(2)14-5-8-16(10-14)7-4-13-6-9-17-11-13/h5-6,8-12,15H,3-4,7H2,1-2H3. The van der Waals surface area contributed by atoms with E-state index in [0.29, 0.717) is 6.04 Å². The SMILES string of the molecule is CCNC(C)c1ccn(CCc2ccsc2)c1. The van der Waals surface area contributed by atoms with Crippen LogP contribution in [0.4, 0.5) is 0 Å². The van der Waals surface area contributed by atoms with Gasteiger partial charge in [0.25, 0.3) is 0 Å². The van der Waals surface area contributed by atoms with Gasteiger partial charge >= 0.3 is 0 Å². The van der Waals surface area contributed by atoms with E-state index >= 15 is 0 Å². The minimum Gasteiger partial charge on any atom is -0.354 e. The summed E-state index contributed by atoms with van der Waals surface area (Å²) in [7, 11) is 0. The molecule has 0 aliphatic rings. The maximum absolute atomic E-state index is 3.43. The zero-order valence-corrected chi connectivity index (χ0v) is 11.3. The summed E-state index contributed by atoms with van der Waals surface area (Å²) in [5.74, 6) is 0. The summed E-state index contributed by atoms with van der Waals surface area (Å²) < 4.78 is 2.28. The lowest BCUT2D eigenvalue weighted by molar-refractivity contribution is 0.594. The molecule has 0 saturated carbocycles. The average Bonchev–Trinajstić information content (AvgIpc) is 2.98. The van der Waals surface area contributed by atoms with E-state index in [4.69, 9.17) is 0 Å². The highest BCUT2D eigenvalue weighted by Gasteiger charge is 2.05. The third-order valence-corrected chi connectivity index (χ3v) is 3.75. The maximum atomic E-state index is 3.43. The largest absolute Gasteiger partial charge is 0.354 e. The molecule has 17 heavy (non-hydrogen) atoms. The van der Waals surface area contributed by atoms with Gasteiger partial charge in [0.1, 0.15) is 0 Å². The van der Waals surface area contributed by atoms with Gasteiger partial charge in [-0.05, 0) is 53.9 Å². The maximum Gasteiger partial charge on any atom is 0.0306 e. The van der Waals surface area contributed by atoms with Gasteiger partial charge in [0, 0.05) is 25.0 Å². The highest BCUT2D eigenvalue weighted by Crippen LogP contribution is 2.13. The summed E-state index contributed by atoms with van der Waals surface area (Å²) in [6, 6.07) is 4.86. The highest BCUT2D eigenvalue weighted by atomic mass is 32.1. The van der Waals surface area contributed by atoms with Crippen LogP contribution in [0.15, 0.2) is 35.3 Å². The number of thiophene rings is 1. The molecule has 0 saturated heterocycles. The minimum absolute atomic E-state index is 0.447. The zero-order valence-electron chi connectivity index (χ0n) is 10.5. The third kappa shape index (κ3) is 3.45. The normalized spacial score (nSPS) is 12.8. The molecule has 1 unspecified atom stereocenters.